The van der Waals surface area contributed by atoms with E-state index in [1.165, 1.54) is 4.90 Å². The molecule has 2 rings (SSSR count). The van der Waals surface area contributed by atoms with Gasteiger partial charge in [-0.2, -0.15) is 0 Å². The van der Waals surface area contributed by atoms with Crippen molar-refractivity contribution in [1.82, 2.24) is 4.90 Å². The molecule has 1 atom stereocenters. The zero-order valence-electron chi connectivity index (χ0n) is 13.7. The predicted molar refractivity (Wildman–Crippen MR) is 86.8 cm³/mol. The molecule has 1 saturated heterocycles. The lowest BCUT2D eigenvalue weighted by Gasteiger charge is -2.18. The maximum atomic E-state index is 12.2. The number of carbonyl (C=O) groups excluding carboxylic acids is 2. The highest BCUT2D eigenvalue weighted by Crippen LogP contribution is 2.18. The second-order valence-corrected chi connectivity index (χ2v) is 5.78. The standard InChI is InChI=1S/C18H25NO4/c1-2-8-16-14-23-18(21)19(16)17(20)11-6-7-12-22-13-15-9-4-3-5-10-15/h3-5,9-10,16H,2,6-8,11-14H2,1H3/t16-/m0/s1. The summed E-state index contributed by atoms with van der Waals surface area (Å²) in [6, 6.07) is 9.91. The number of imide groups is 1. The van der Waals surface area contributed by atoms with Crippen LogP contribution in [0.25, 0.3) is 0 Å². The van der Waals surface area contributed by atoms with Crippen molar-refractivity contribution in [3.8, 4) is 0 Å². The normalized spacial score (nSPS) is 17.3. The summed E-state index contributed by atoms with van der Waals surface area (Å²) >= 11 is 0. The minimum atomic E-state index is -0.492. The van der Waals surface area contributed by atoms with E-state index in [1.807, 2.05) is 37.3 Å². The lowest BCUT2D eigenvalue weighted by Crippen LogP contribution is -2.38. The minimum Gasteiger partial charge on any atom is -0.447 e. The first kappa shape index (κ1) is 17.5. The number of cyclic esters (lactones) is 1. The minimum absolute atomic E-state index is 0.0886. The highest BCUT2D eigenvalue weighted by molar-refractivity contribution is 5.93. The lowest BCUT2D eigenvalue weighted by molar-refractivity contribution is -0.129. The van der Waals surface area contributed by atoms with Crippen LogP contribution in [0.2, 0.25) is 0 Å². The fourth-order valence-electron chi connectivity index (χ4n) is 2.68. The molecule has 0 spiro atoms. The van der Waals surface area contributed by atoms with Gasteiger partial charge < -0.3 is 9.47 Å². The first-order valence-corrected chi connectivity index (χ1v) is 8.33. The molecule has 0 N–H and O–H groups in total. The van der Waals surface area contributed by atoms with Crippen LogP contribution in [-0.4, -0.2) is 36.2 Å². The van der Waals surface area contributed by atoms with Crippen LogP contribution in [0.3, 0.4) is 0 Å². The Morgan fingerprint density at radius 3 is 2.83 bits per heavy atom. The SMILES string of the molecule is CCC[C@H]1COC(=O)N1C(=O)CCCCOCc1ccccc1. The second kappa shape index (κ2) is 9.30. The Hall–Kier alpha value is -1.88. The third-order valence-electron chi connectivity index (χ3n) is 3.89. The Labute approximate surface area is 137 Å². The summed E-state index contributed by atoms with van der Waals surface area (Å²) in [6.45, 7) is 3.57. The summed E-state index contributed by atoms with van der Waals surface area (Å²) in [4.78, 5) is 25.1. The average molecular weight is 319 g/mol. The molecule has 0 saturated carbocycles. The van der Waals surface area contributed by atoms with Crippen molar-refractivity contribution in [3.63, 3.8) is 0 Å². The molecule has 1 fully saturated rings. The summed E-state index contributed by atoms with van der Waals surface area (Å²) in [5, 5.41) is 0. The van der Waals surface area contributed by atoms with E-state index in [1.54, 1.807) is 0 Å². The summed E-state index contributed by atoms with van der Waals surface area (Å²) in [7, 11) is 0. The third-order valence-corrected chi connectivity index (χ3v) is 3.89. The number of unbranched alkanes of at least 4 members (excludes halogenated alkanes) is 1. The van der Waals surface area contributed by atoms with Crippen LogP contribution in [0, 0.1) is 0 Å². The van der Waals surface area contributed by atoms with E-state index >= 15 is 0 Å². The fourth-order valence-corrected chi connectivity index (χ4v) is 2.68. The van der Waals surface area contributed by atoms with Gasteiger partial charge in [-0.3, -0.25) is 4.79 Å². The monoisotopic (exact) mass is 319 g/mol. The Morgan fingerprint density at radius 2 is 2.09 bits per heavy atom. The van der Waals surface area contributed by atoms with Crippen molar-refractivity contribution in [2.24, 2.45) is 0 Å². The maximum Gasteiger partial charge on any atom is 0.416 e. The number of hydrogen-bond acceptors (Lipinski definition) is 4. The third kappa shape index (κ3) is 5.36. The molecule has 1 aromatic rings. The molecule has 1 heterocycles. The molecule has 0 bridgehead atoms. The first-order valence-electron chi connectivity index (χ1n) is 8.33. The zero-order chi connectivity index (χ0) is 16.5. The molecule has 0 unspecified atom stereocenters. The van der Waals surface area contributed by atoms with Gasteiger partial charge in [0.2, 0.25) is 5.91 Å². The highest BCUT2D eigenvalue weighted by Gasteiger charge is 2.36. The van der Waals surface area contributed by atoms with E-state index in [0.717, 1.165) is 31.2 Å². The van der Waals surface area contributed by atoms with Crippen LogP contribution in [0.5, 0.6) is 0 Å². The van der Waals surface area contributed by atoms with E-state index in [0.29, 0.717) is 26.2 Å². The molecule has 5 heteroatoms. The summed E-state index contributed by atoms with van der Waals surface area (Å²) in [6.07, 6.45) is 3.13. The Kier molecular flexibility index (Phi) is 7.07. The largest absolute Gasteiger partial charge is 0.447 e. The quantitative estimate of drug-likeness (QED) is 0.654. The van der Waals surface area contributed by atoms with Gasteiger partial charge in [0, 0.05) is 13.0 Å². The van der Waals surface area contributed by atoms with E-state index in [9.17, 15) is 9.59 Å². The summed E-state index contributed by atoms with van der Waals surface area (Å²) < 4.78 is 10.6. The molecular formula is C18H25NO4. The van der Waals surface area contributed by atoms with E-state index in [4.69, 9.17) is 9.47 Å². The average Bonchev–Trinajstić information content (AvgIpc) is 2.92. The molecule has 1 aliphatic rings. The number of nitrogens with zero attached hydrogens (tertiary/aromatic N) is 1. The van der Waals surface area contributed by atoms with Crippen molar-refractivity contribution < 1.29 is 19.1 Å². The predicted octanol–water partition coefficient (Wildman–Crippen LogP) is 3.52. The van der Waals surface area contributed by atoms with E-state index in [2.05, 4.69) is 0 Å². The van der Waals surface area contributed by atoms with Crippen LogP contribution in [0.4, 0.5) is 4.79 Å². The molecule has 1 aromatic carbocycles. The van der Waals surface area contributed by atoms with Crippen molar-refractivity contribution in [1.29, 1.82) is 0 Å². The van der Waals surface area contributed by atoms with Crippen molar-refractivity contribution in [3.05, 3.63) is 35.9 Å². The van der Waals surface area contributed by atoms with Gasteiger partial charge in [0.1, 0.15) is 6.61 Å². The van der Waals surface area contributed by atoms with Crippen LogP contribution in [-0.2, 0) is 20.9 Å². The van der Waals surface area contributed by atoms with Crippen molar-refractivity contribution in [2.75, 3.05) is 13.2 Å². The number of amides is 2. The van der Waals surface area contributed by atoms with Crippen LogP contribution in [0.15, 0.2) is 30.3 Å². The molecule has 0 radical (unpaired) electrons. The van der Waals surface area contributed by atoms with Crippen LogP contribution in [0.1, 0.15) is 44.6 Å². The Morgan fingerprint density at radius 1 is 1.30 bits per heavy atom. The molecule has 126 valence electrons. The molecular weight excluding hydrogens is 294 g/mol. The number of rotatable bonds is 9. The summed E-state index contributed by atoms with van der Waals surface area (Å²) in [5.74, 6) is -0.131. The van der Waals surface area contributed by atoms with Gasteiger partial charge in [-0.05, 0) is 24.8 Å². The van der Waals surface area contributed by atoms with Gasteiger partial charge in [-0.25, -0.2) is 9.69 Å². The topological polar surface area (TPSA) is 55.8 Å². The molecule has 23 heavy (non-hydrogen) atoms. The van der Waals surface area contributed by atoms with Crippen molar-refractivity contribution >= 4 is 12.0 Å². The molecule has 0 aliphatic carbocycles. The van der Waals surface area contributed by atoms with Gasteiger partial charge in [0.05, 0.1) is 12.6 Å². The summed E-state index contributed by atoms with van der Waals surface area (Å²) in [5.41, 5.74) is 1.14. The maximum absolute atomic E-state index is 12.2. The Bertz CT molecular complexity index is 503. The van der Waals surface area contributed by atoms with Gasteiger partial charge >= 0.3 is 6.09 Å². The van der Waals surface area contributed by atoms with E-state index in [-0.39, 0.29) is 11.9 Å². The molecule has 0 aromatic heterocycles. The van der Waals surface area contributed by atoms with E-state index < -0.39 is 6.09 Å². The first-order chi connectivity index (χ1) is 11.2. The van der Waals surface area contributed by atoms with Gasteiger partial charge in [0.15, 0.2) is 0 Å². The van der Waals surface area contributed by atoms with Crippen molar-refractivity contribution in [2.45, 2.75) is 51.7 Å². The van der Waals surface area contributed by atoms with Gasteiger partial charge in [-0.15, -0.1) is 0 Å². The molecule has 1 aliphatic heterocycles. The number of carbonyl (C=O) groups is 2. The highest BCUT2D eigenvalue weighted by atomic mass is 16.6. The second-order valence-electron chi connectivity index (χ2n) is 5.78. The number of ether oxygens (including phenoxy) is 2. The molecule has 5 nitrogen and oxygen atoms in total. The zero-order valence-corrected chi connectivity index (χ0v) is 13.7. The fraction of sp³-hybridized carbons (Fsp3) is 0.556. The lowest BCUT2D eigenvalue weighted by atomic mass is 10.1. The van der Waals surface area contributed by atoms with Gasteiger partial charge in [-0.1, -0.05) is 43.7 Å². The number of hydrogen-bond donors (Lipinski definition) is 0. The van der Waals surface area contributed by atoms with Crippen LogP contribution < -0.4 is 0 Å². The smallest absolute Gasteiger partial charge is 0.416 e. The molecule has 2 amide bonds. The Balaban J connectivity index is 1.62. The number of benzene rings is 1. The van der Waals surface area contributed by atoms with Crippen LogP contribution >= 0.6 is 0 Å². The van der Waals surface area contributed by atoms with Gasteiger partial charge in [0.25, 0.3) is 0 Å².